The van der Waals surface area contributed by atoms with E-state index in [0.717, 1.165) is 19.5 Å². The van der Waals surface area contributed by atoms with Crippen LogP contribution >= 0.6 is 0 Å². The first-order chi connectivity index (χ1) is 8.96. The summed E-state index contributed by atoms with van der Waals surface area (Å²) in [5.74, 6) is 0.291. The van der Waals surface area contributed by atoms with Gasteiger partial charge < -0.3 is 10.6 Å². The van der Waals surface area contributed by atoms with Gasteiger partial charge in [0.2, 0.25) is 5.91 Å². The van der Waals surface area contributed by atoms with Crippen LogP contribution in [0.1, 0.15) is 72.6 Å². The number of hydrogen-bond donors (Lipinski definition) is 1. The van der Waals surface area contributed by atoms with Crippen molar-refractivity contribution in [1.29, 1.82) is 0 Å². The lowest BCUT2D eigenvalue weighted by Gasteiger charge is -2.31. The molecule has 0 spiro atoms. The zero-order valence-electron chi connectivity index (χ0n) is 13.5. The fourth-order valence-electron chi connectivity index (χ4n) is 2.17. The lowest BCUT2D eigenvalue weighted by molar-refractivity contribution is -0.132. The van der Waals surface area contributed by atoms with E-state index in [2.05, 4.69) is 20.8 Å². The van der Waals surface area contributed by atoms with E-state index < -0.39 is 0 Å². The van der Waals surface area contributed by atoms with Crippen LogP contribution in [0.2, 0.25) is 0 Å². The summed E-state index contributed by atoms with van der Waals surface area (Å²) in [6.45, 7) is 10.7. The monoisotopic (exact) mass is 270 g/mol. The normalized spacial score (nSPS) is 11.6. The third kappa shape index (κ3) is 9.04. The van der Waals surface area contributed by atoms with Crippen molar-refractivity contribution in [2.24, 2.45) is 11.1 Å². The van der Waals surface area contributed by atoms with Crippen molar-refractivity contribution in [2.75, 3.05) is 19.6 Å². The molecule has 0 radical (unpaired) electrons. The van der Waals surface area contributed by atoms with Crippen molar-refractivity contribution in [1.82, 2.24) is 4.90 Å². The number of amides is 1. The minimum Gasteiger partial charge on any atom is -0.342 e. The van der Waals surface area contributed by atoms with E-state index in [1.54, 1.807) is 0 Å². The Kier molecular flexibility index (Phi) is 9.94. The number of unbranched alkanes of at least 4 members (excludes halogenated alkanes) is 5. The minimum atomic E-state index is 0.0206. The second-order valence-electron chi connectivity index (χ2n) is 6.29. The van der Waals surface area contributed by atoms with Crippen molar-refractivity contribution in [3.05, 3.63) is 0 Å². The molecule has 0 saturated heterocycles. The summed E-state index contributed by atoms with van der Waals surface area (Å²) >= 11 is 0. The number of nitrogens with two attached hydrogens (primary N) is 1. The van der Waals surface area contributed by atoms with Gasteiger partial charge in [0.05, 0.1) is 0 Å². The van der Waals surface area contributed by atoms with E-state index in [1.807, 2.05) is 11.8 Å². The first kappa shape index (κ1) is 18.4. The highest BCUT2D eigenvalue weighted by atomic mass is 16.2. The molecule has 3 heteroatoms. The molecule has 0 aliphatic carbocycles. The van der Waals surface area contributed by atoms with Crippen LogP contribution in [-0.4, -0.2) is 30.4 Å². The molecule has 0 bridgehead atoms. The van der Waals surface area contributed by atoms with E-state index in [1.165, 1.54) is 32.1 Å². The summed E-state index contributed by atoms with van der Waals surface area (Å²) in [5, 5.41) is 0. The molecule has 0 rings (SSSR count). The largest absolute Gasteiger partial charge is 0.342 e. The predicted octanol–water partition coefficient (Wildman–Crippen LogP) is 3.57. The second kappa shape index (κ2) is 10.2. The molecule has 1 amide bonds. The molecule has 0 aliphatic rings. The fraction of sp³-hybridized carbons (Fsp3) is 0.938. The average Bonchev–Trinajstić information content (AvgIpc) is 2.39. The van der Waals surface area contributed by atoms with Gasteiger partial charge in [-0.05, 0) is 25.3 Å². The van der Waals surface area contributed by atoms with Crippen molar-refractivity contribution >= 4 is 5.91 Å². The third-order valence-corrected chi connectivity index (χ3v) is 3.65. The summed E-state index contributed by atoms with van der Waals surface area (Å²) in [7, 11) is 0. The Labute approximate surface area is 119 Å². The zero-order chi connectivity index (χ0) is 14.7. The fourth-order valence-corrected chi connectivity index (χ4v) is 2.17. The molecule has 2 N–H and O–H groups in total. The Morgan fingerprint density at radius 1 is 1.05 bits per heavy atom. The van der Waals surface area contributed by atoms with Crippen LogP contribution in [0.4, 0.5) is 0 Å². The number of hydrogen-bond acceptors (Lipinski definition) is 2. The summed E-state index contributed by atoms with van der Waals surface area (Å²) < 4.78 is 0. The van der Waals surface area contributed by atoms with E-state index in [9.17, 15) is 4.79 Å². The van der Waals surface area contributed by atoms with Crippen LogP contribution in [-0.2, 0) is 4.79 Å². The molecular weight excluding hydrogens is 236 g/mol. The number of nitrogens with zero attached hydrogens (tertiary/aromatic N) is 1. The van der Waals surface area contributed by atoms with Crippen LogP contribution in [0.25, 0.3) is 0 Å². The minimum absolute atomic E-state index is 0.0206. The van der Waals surface area contributed by atoms with E-state index in [-0.39, 0.29) is 5.41 Å². The first-order valence-electron chi connectivity index (χ1n) is 7.94. The Balaban J connectivity index is 3.89. The van der Waals surface area contributed by atoms with Gasteiger partial charge in [0.25, 0.3) is 0 Å². The van der Waals surface area contributed by atoms with Crippen LogP contribution in [0.15, 0.2) is 0 Å². The first-order valence-corrected chi connectivity index (χ1v) is 7.94. The topological polar surface area (TPSA) is 46.3 Å². The van der Waals surface area contributed by atoms with Gasteiger partial charge in [-0.15, -0.1) is 0 Å². The maximum atomic E-state index is 12.1. The molecule has 0 aliphatic heterocycles. The van der Waals surface area contributed by atoms with Crippen molar-refractivity contribution in [2.45, 2.75) is 72.6 Å². The molecule has 0 aromatic rings. The van der Waals surface area contributed by atoms with Crippen LogP contribution in [0, 0.1) is 5.41 Å². The van der Waals surface area contributed by atoms with E-state index in [0.29, 0.717) is 18.9 Å². The number of carbonyl (C=O) groups is 1. The zero-order valence-corrected chi connectivity index (χ0v) is 13.5. The Bertz CT molecular complexity index is 239. The Morgan fingerprint density at radius 2 is 1.63 bits per heavy atom. The van der Waals surface area contributed by atoms with Crippen molar-refractivity contribution in [3.8, 4) is 0 Å². The van der Waals surface area contributed by atoms with Gasteiger partial charge in [0.15, 0.2) is 0 Å². The van der Waals surface area contributed by atoms with Gasteiger partial charge in [0, 0.05) is 19.5 Å². The lowest BCUT2D eigenvalue weighted by Crippen LogP contribution is -2.41. The highest BCUT2D eigenvalue weighted by molar-refractivity contribution is 5.76. The summed E-state index contributed by atoms with van der Waals surface area (Å²) in [4.78, 5) is 14.1. The number of carbonyl (C=O) groups excluding carboxylic acids is 1. The summed E-state index contributed by atoms with van der Waals surface area (Å²) in [6.07, 6.45) is 8.08. The molecule has 114 valence electrons. The summed E-state index contributed by atoms with van der Waals surface area (Å²) in [5.41, 5.74) is 5.76. The molecular formula is C16H34N2O. The SMILES string of the molecule is CCCCCCCCC(=O)N(CC)CC(C)(C)CN. The van der Waals surface area contributed by atoms with Gasteiger partial charge in [-0.25, -0.2) is 0 Å². The van der Waals surface area contributed by atoms with Crippen LogP contribution in [0.5, 0.6) is 0 Å². The molecule has 0 heterocycles. The maximum absolute atomic E-state index is 12.1. The van der Waals surface area contributed by atoms with Gasteiger partial charge in [-0.2, -0.15) is 0 Å². The molecule has 0 saturated carbocycles. The molecule has 3 nitrogen and oxygen atoms in total. The Hall–Kier alpha value is -0.570. The standard InChI is InChI=1S/C16H34N2O/c1-5-7-8-9-10-11-12-15(19)18(6-2)14-16(3,4)13-17/h5-14,17H2,1-4H3. The van der Waals surface area contributed by atoms with Crippen LogP contribution < -0.4 is 5.73 Å². The van der Waals surface area contributed by atoms with E-state index in [4.69, 9.17) is 5.73 Å². The second-order valence-corrected chi connectivity index (χ2v) is 6.29. The van der Waals surface area contributed by atoms with Gasteiger partial charge in [0.1, 0.15) is 0 Å². The maximum Gasteiger partial charge on any atom is 0.222 e. The lowest BCUT2D eigenvalue weighted by atomic mass is 9.93. The average molecular weight is 270 g/mol. The van der Waals surface area contributed by atoms with Crippen molar-refractivity contribution < 1.29 is 4.79 Å². The van der Waals surface area contributed by atoms with Crippen LogP contribution in [0.3, 0.4) is 0 Å². The quantitative estimate of drug-likeness (QED) is 0.583. The smallest absolute Gasteiger partial charge is 0.222 e. The van der Waals surface area contributed by atoms with Gasteiger partial charge in [-0.3, -0.25) is 4.79 Å². The molecule has 0 aromatic heterocycles. The van der Waals surface area contributed by atoms with Gasteiger partial charge >= 0.3 is 0 Å². The van der Waals surface area contributed by atoms with E-state index >= 15 is 0 Å². The molecule has 0 atom stereocenters. The molecule has 0 unspecified atom stereocenters. The molecule has 0 fully saturated rings. The third-order valence-electron chi connectivity index (χ3n) is 3.65. The van der Waals surface area contributed by atoms with Gasteiger partial charge in [-0.1, -0.05) is 52.9 Å². The highest BCUT2D eigenvalue weighted by Gasteiger charge is 2.22. The summed E-state index contributed by atoms with van der Waals surface area (Å²) in [6, 6.07) is 0. The predicted molar refractivity (Wildman–Crippen MR) is 83.1 cm³/mol. The molecule has 0 aromatic carbocycles. The molecule has 19 heavy (non-hydrogen) atoms. The van der Waals surface area contributed by atoms with Crippen molar-refractivity contribution in [3.63, 3.8) is 0 Å². The highest BCUT2D eigenvalue weighted by Crippen LogP contribution is 2.16. The number of rotatable bonds is 11. The Morgan fingerprint density at radius 3 is 2.16 bits per heavy atom.